The standard InChI is InChI=1S/C12H22N2O/c1-5-6-13-8-12-14-7-11(15-12)10(4)9(2)3/h7,9-10,13H,5-6,8H2,1-4H3. The molecule has 0 saturated carbocycles. The van der Waals surface area contributed by atoms with Crippen LogP contribution in [0.15, 0.2) is 10.6 Å². The summed E-state index contributed by atoms with van der Waals surface area (Å²) in [6.07, 6.45) is 2.99. The number of hydrogen-bond acceptors (Lipinski definition) is 3. The highest BCUT2D eigenvalue weighted by Crippen LogP contribution is 2.23. The zero-order valence-corrected chi connectivity index (χ0v) is 10.2. The van der Waals surface area contributed by atoms with Gasteiger partial charge in [0.1, 0.15) is 5.76 Å². The van der Waals surface area contributed by atoms with Crippen LogP contribution in [0.4, 0.5) is 0 Å². The molecule has 0 radical (unpaired) electrons. The summed E-state index contributed by atoms with van der Waals surface area (Å²) in [7, 11) is 0. The molecule has 1 aromatic rings. The molecule has 1 atom stereocenters. The van der Waals surface area contributed by atoms with E-state index in [2.05, 4.69) is 38.0 Å². The average molecular weight is 210 g/mol. The van der Waals surface area contributed by atoms with Gasteiger partial charge in [0.25, 0.3) is 0 Å². The molecule has 0 aliphatic heterocycles. The molecule has 0 saturated heterocycles. The molecule has 0 fully saturated rings. The molecule has 0 aliphatic carbocycles. The van der Waals surface area contributed by atoms with Crippen LogP contribution < -0.4 is 5.32 Å². The van der Waals surface area contributed by atoms with E-state index < -0.39 is 0 Å². The second-order valence-electron chi connectivity index (χ2n) is 4.37. The molecule has 0 amide bonds. The zero-order chi connectivity index (χ0) is 11.3. The van der Waals surface area contributed by atoms with Gasteiger partial charge in [0.2, 0.25) is 5.89 Å². The largest absolute Gasteiger partial charge is 0.444 e. The van der Waals surface area contributed by atoms with Gasteiger partial charge in [-0.3, -0.25) is 0 Å². The Morgan fingerprint density at radius 2 is 2.13 bits per heavy atom. The van der Waals surface area contributed by atoms with Crippen molar-refractivity contribution < 1.29 is 4.42 Å². The Kier molecular flexibility index (Phi) is 4.82. The molecular weight excluding hydrogens is 188 g/mol. The summed E-state index contributed by atoms with van der Waals surface area (Å²) in [5, 5.41) is 3.28. The molecule has 1 N–H and O–H groups in total. The van der Waals surface area contributed by atoms with E-state index in [4.69, 9.17) is 4.42 Å². The second-order valence-corrected chi connectivity index (χ2v) is 4.37. The molecule has 1 rings (SSSR count). The fourth-order valence-corrected chi connectivity index (χ4v) is 1.32. The highest BCUT2D eigenvalue weighted by atomic mass is 16.4. The number of rotatable bonds is 6. The van der Waals surface area contributed by atoms with Crippen molar-refractivity contribution in [3.8, 4) is 0 Å². The predicted molar refractivity (Wildman–Crippen MR) is 61.8 cm³/mol. The van der Waals surface area contributed by atoms with Crippen molar-refractivity contribution in [3.05, 3.63) is 17.8 Å². The van der Waals surface area contributed by atoms with Gasteiger partial charge in [-0.15, -0.1) is 0 Å². The van der Waals surface area contributed by atoms with Crippen LogP contribution in [-0.2, 0) is 6.54 Å². The number of nitrogens with one attached hydrogen (secondary N) is 1. The lowest BCUT2D eigenvalue weighted by Gasteiger charge is -2.11. The summed E-state index contributed by atoms with van der Waals surface area (Å²) in [6, 6.07) is 0. The zero-order valence-electron chi connectivity index (χ0n) is 10.2. The fourth-order valence-electron chi connectivity index (χ4n) is 1.32. The Morgan fingerprint density at radius 3 is 2.73 bits per heavy atom. The van der Waals surface area contributed by atoms with Crippen LogP contribution in [-0.4, -0.2) is 11.5 Å². The number of aromatic nitrogens is 1. The van der Waals surface area contributed by atoms with Gasteiger partial charge in [0.15, 0.2) is 0 Å². The molecule has 0 aromatic carbocycles. The van der Waals surface area contributed by atoms with Crippen LogP contribution in [0.2, 0.25) is 0 Å². The van der Waals surface area contributed by atoms with Gasteiger partial charge in [-0.1, -0.05) is 27.7 Å². The monoisotopic (exact) mass is 210 g/mol. The van der Waals surface area contributed by atoms with E-state index in [1.807, 2.05) is 6.20 Å². The van der Waals surface area contributed by atoms with E-state index in [0.717, 1.165) is 31.2 Å². The Morgan fingerprint density at radius 1 is 1.40 bits per heavy atom. The summed E-state index contributed by atoms with van der Waals surface area (Å²) >= 11 is 0. The summed E-state index contributed by atoms with van der Waals surface area (Å²) < 4.78 is 5.68. The van der Waals surface area contributed by atoms with Crippen LogP contribution in [0.1, 0.15) is 51.7 Å². The number of oxazole rings is 1. The maximum atomic E-state index is 5.68. The maximum absolute atomic E-state index is 5.68. The lowest BCUT2D eigenvalue weighted by molar-refractivity contribution is 0.382. The third-order valence-electron chi connectivity index (χ3n) is 2.72. The number of nitrogens with zero attached hydrogens (tertiary/aromatic N) is 1. The third-order valence-corrected chi connectivity index (χ3v) is 2.72. The van der Waals surface area contributed by atoms with E-state index in [1.165, 1.54) is 0 Å². The molecular formula is C12H22N2O. The minimum absolute atomic E-state index is 0.442. The predicted octanol–water partition coefficient (Wildman–Crippen LogP) is 2.93. The van der Waals surface area contributed by atoms with Crippen LogP contribution in [0.25, 0.3) is 0 Å². The van der Waals surface area contributed by atoms with E-state index in [9.17, 15) is 0 Å². The van der Waals surface area contributed by atoms with E-state index in [-0.39, 0.29) is 0 Å². The lowest BCUT2D eigenvalue weighted by Crippen LogP contribution is -2.13. The normalized spacial score (nSPS) is 13.4. The Bertz CT molecular complexity index is 281. The minimum atomic E-state index is 0.442. The van der Waals surface area contributed by atoms with Crippen molar-refractivity contribution in [2.45, 2.75) is 46.6 Å². The molecule has 86 valence electrons. The molecule has 3 heteroatoms. The van der Waals surface area contributed by atoms with Gasteiger partial charge in [-0.05, 0) is 18.9 Å². The molecule has 0 aliphatic rings. The SMILES string of the molecule is CCCNCc1ncc(C(C)C(C)C)o1. The third kappa shape index (κ3) is 3.67. The summed E-state index contributed by atoms with van der Waals surface area (Å²) in [6.45, 7) is 10.5. The Labute approximate surface area is 92.3 Å². The quantitative estimate of drug-likeness (QED) is 0.734. The van der Waals surface area contributed by atoms with Crippen molar-refractivity contribution >= 4 is 0 Å². The first kappa shape index (κ1) is 12.2. The second kappa shape index (κ2) is 5.91. The number of hydrogen-bond donors (Lipinski definition) is 1. The first-order valence-corrected chi connectivity index (χ1v) is 5.80. The summed E-state index contributed by atoms with van der Waals surface area (Å²) in [5.41, 5.74) is 0. The highest BCUT2D eigenvalue weighted by molar-refractivity contribution is 5.01. The molecule has 1 heterocycles. The van der Waals surface area contributed by atoms with E-state index in [1.54, 1.807) is 0 Å². The van der Waals surface area contributed by atoms with Crippen molar-refractivity contribution in [2.75, 3.05) is 6.54 Å². The van der Waals surface area contributed by atoms with Crippen molar-refractivity contribution in [3.63, 3.8) is 0 Å². The Balaban J connectivity index is 2.48. The molecule has 1 aromatic heterocycles. The maximum Gasteiger partial charge on any atom is 0.208 e. The van der Waals surface area contributed by atoms with Crippen LogP contribution in [0.5, 0.6) is 0 Å². The summed E-state index contributed by atoms with van der Waals surface area (Å²) in [4.78, 5) is 4.26. The van der Waals surface area contributed by atoms with Crippen molar-refractivity contribution in [1.29, 1.82) is 0 Å². The van der Waals surface area contributed by atoms with Gasteiger partial charge >= 0.3 is 0 Å². The van der Waals surface area contributed by atoms with E-state index >= 15 is 0 Å². The minimum Gasteiger partial charge on any atom is -0.444 e. The van der Waals surface area contributed by atoms with Crippen molar-refractivity contribution in [2.24, 2.45) is 5.92 Å². The smallest absolute Gasteiger partial charge is 0.208 e. The van der Waals surface area contributed by atoms with Crippen LogP contribution >= 0.6 is 0 Å². The molecule has 3 nitrogen and oxygen atoms in total. The van der Waals surface area contributed by atoms with Crippen molar-refractivity contribution in [1.82, 2.24) is 10.3 Å². The first-order chi connectivity index (χ1) is 7.15. The fraction of sp³-hybridized carbons (Fsp3) is 0.750. The molecule has 15 heavy (non-hydrogen) atoms. The molecule has 0 spiro atoms. The Hall–Kier alpha value is -0.830. The topological polar surface area (TPSA) is 38.1 Å². The lowest BCUT2D eigenvalue weighted by atomic mass is 9.96. The van der Waals surface area contributed by atoms with Gasteiger partial charge in [-0.2, -0.15) is 0 Å². The molecule has 0 bridgehead atoms. The summed E-state index contributed by atoms with van der Waals surface area (Å²) in [5.74, 6) is 2.83. The van der Waals surface area contributed by atoms with Gasteiger partial charge in [0, 0.05) is 5.92 Å². The van der Waals surface area contributed by atoms with Crippen LogP contribution in [0.3, 0.4) is 0 Å². The molecule has 1 unspecified atom stereocenters. The first-order valence-electron chi connectivity index (χ1n) is 5.80. The van der Waals surface area contributed by atoms with Crippen LogP contribution in [0, 0.1) is 5.92 Å². The van der Waals surface area contributed by atoms with E-state index in [0.29, 0.717) is 11.8 Å². The van der Waals surface area contributed by atoms with Gasteiger partial charge < -0.3 is 9.73 Å². The van der Waals surface area contributed by atoms with Gasteiger partial charge in [0.05, 0.1) is 12.7 Å². The highest BCUT2D eigenvalue weighted by Gasteiger charge is 2.14. The average Bonchev–Trinajstić information content (AvgIpc) is 2.65. The van der Waals surface area contributed by atoms with Gasteiger partial charge in [-0.25, -0.2) is 4.98 Å².